The van der Waals surface area contributed by atoms with Gasteiger partial charge in [-0.05, 0) is 59.9 Å². The lowest BCUT2D eigenvalue weighted by atomic mass is 9.81. The van der Waals surface area contributed by atoms with Crippen LogP contribution in [0.25, 0.3) is 5.57 Å². The van der Waals surface area contributed by atoms with Crippen LogP contribution in [0.4, 0.5) is 11.4 Å². The molecule has 0 fully saturated rings. The lowest BCUT2D eigenvalue weighted by Crippen LogP contribution is -2.12. The highest BCUT2D eigenvalue weighted by molar-refractivity contribution is 5.93. The molecule has 26 heavy (non-hydrogen) atoms. The zero-order valence-electron chi connectivity index (χ0n) is 15.4. The molecule has 0 radical (unpaired) electrons. The van der Waals surface area contributed by atoms with Gasteiger partial charge >= 0.3 is 0 Å². The number of nitrogens with one attached hydrogen (secondary N) is 2. The molecular weight excluding hydrogens is 316 g/mol. The summed E-state index contributed by atoms with van der Waals surface area (Å²) in [5, 5.41) is 6.98. The first kappa shape index (κ1) is 16.5. The standard InChI is InChI=1S/C24H24N2/c1-16-8-4-6-10-19(14-16)26-23-13-12-22(25-3)21-15-18-9-5-7-11-20(18)17(2)24(21)23/h4-7,9-14,25-26H,2,8,15H2,1,3H3. The molecule has 0 aromatic heterocycles. The maximum Gasteiger partial charge on any atom is 0.0468 e. The van der Waals surface area contributed by atoms with Gasteiger partial charge < -0.3 is 10.6 Å². The van der Waals surface area contributed by atoms with Gasteiger partial charge in [0.05, 0.1) is 0 Å². The van der Waals surface area contributed by atoms with E-state index in [1.165, 1.54) is 33.5 Å². The van der Waals surface area contributed by atoms with E-state index in [0.717, 1.165) is 29.8 Å². The molecule has 0 spiro atoms. The summed E-state index contributed by atoms with van der Waals surface area (Å²) in [6, 6.07) is 12.9. The Morgan fingerprint density at radius 1 is 1.04 bits per heavy atom. The van der Waals surface area contributed by atoms with E-state index >= 15 is 0 Å². The van der Waals surface area contributed by atoms with Crippen molar-refractivity contribution in [2.45, 2.75) is 19.8 Å². The summed E-state index contributed by atoms with van der Waals surface area (Å²) in [6.07, 6.45) is 10.6. The van der Waals surface area contributed by atoms with Crippen LogP contribution in [0.2, 0.25) is 0 Å². The van der Waals surface area contributed by atoms with E-state index in [1.54, 1.807) is 0 Å². The lowest BCUT2D eigenvalue weighted by Gasteiger charge is -2.27. The van der Waals surface area contributed by atoms with Crippen LogP contribution in [0.3, 0.4) is 0 Å². The lowest BCUT2D eigenvalue weighted by molar-refractivity contribution is 1.13. The molecule has 130 valence electrons. The quantitative estimate of drug-likeness (QED) is 0.620. The van der Waals surface area contributed by atoms with Crippen molar-refractivity contribution in [2.24, 2.45) is 0 Å². The number of anilines is 2. The fourth-order valence-corrected chi connectivity index (χ4v) is 3.84. The van der Waals surface area contributed by atoms with Crippen molar-refractivity contribution in [3.8, 4) is 0 Å². The minimum Gasteiger partial charge on any atom is -0.388 e. The Balaban J connectivity index is 1.82. The Kier molecular flexibility index (Phi) is 4.26. The molecule has 0 saturated carbocycles. The summed E-state index contributed by atoms with van der Waals surface area (Å²) in [4.78, 5) is 0. The maximum absolute atomic E-state index is 4.44. The number of rotatable bonds is 3. The van der Waals surface area contributed by atoms with Gasteiger partial charge in [0.1, 0.15) is 0 Å². The molecule has 0 amide bonds. The van der Waals surface area contributed by atoms with E-state index in [0.29, 0.717) is 0 Å². The number of allylic oxidation sites excluding steroid dienone is 5. The summed E-state index contributed by atoms with van der Waals surface area (Å²) < 4.78 is 0. The second kappa shape index (κ2) is 6.72. The smallest absolute Gasteiger partial charge is 0.0468 e. The highest BCUT2D eigenvalue weighted by atomic mass is 14.9. The third-order valence-corrected chi connectivity index (χ3v) is 5.13. The van der Waals surface area contributed by atoms with Crippen molar-refractivity contribution in [3.63, 3.8) is 0 Å². The van der Waals surface area contributed by atoms with Gasteiger partial charge in [-0.1, -0.05) is 48.6 Å². The Bertz CT molecular complexity index is 974. The van der Waals surface area contributed by atoms with Crippen LogP contribution in [-0.4, -0.2) is 7.05 Å². The van der Waals surface area contributed by atoms with E-state index in [2.05, 4.69) is 84.8 Å². The molecule has 0 saturated heterocycles. The van der Waals surface area contributed by atoms with Crippen LogP contribution in [0.15, 0.2) is 78.6 Å². The van der Waals surface area contributed by atoms with Gasteiger partial charge in [-0.2, -0.15) is 0 Å². The molecule has 0 atom stereocenters. The molecule has 0 bridgehead atoms. The highest BCUT2D eigenvalue weighted by Gasteiger charge is 2.23. The molecule has 4 rings (SSSR count). The number of benzene rings is 2. The number of hydrogen-bond donors (Lipinski definition) is 2. The van der Waals surface area contributed by atoms with Crippen molar-refractivity contribution in [1.82, 2.24) is 0 Å². The van der Waals surface area contributed by atoms with Gasteiger partial charge in [-0.15, -0.1) is 0 Å². The minimum atomic E-state index is 0.921. The van der Waals surface area contributed by atoms with Crippen molar-refractivity contribution in [3.05, 3.63) is 101 Å². The zero-order chi connectivity index (χ0) is 18.1. The highest BCUT2D eigenvalue weighted by Crippen LogP contribution is 2.42. The monoisotopic (exact) mass is 340 g/mol. The summed E-state index contributed by atoms with van der Waals surface area (Å²) >= 11 is 0. The van der Waals surface area contributed by atoms with Gasteiger partial charge in [0.25, 0.3) is 0 Å². The van der Waals surface area contributed by atoms with E-state index in [4.69, 9.17) is 0 Å². The molecule has 2 aliphatic rings. The molecule has 0 unspecified atom stereocenters. The van der Waals surface area contributed by atoms with Crippen molar-refractivity contribution < 1.29 is 0 Å². The normalized spacial score (nSPS) is 15.4. The molecule has 0 aliphatic heterocycles. The van der Waals surface area contributed by atoms with Crippen LogP contribution < -0.4 is 10.6 Å². The SMILES string of the molecule is C=C1c2ccccc2Cc2c(NC)ccc(NC3=CC=CCC(C)=C3)c21. The van der Waals surface area contributed by atoms with Gasteiger partial charge in [0.2, 0.25) is 0 Å². The Hall–Kier alpha value is -3.00. The average Bonchev–Trinajstić information content (AvgIpc) is 2.86. The molecule has 0 heterocycles. The van der Waals surface area contributed by atoms with E-state index in [1.807, 2.05) is 7.05 Å². The minimum absolute atomic E-state index is 0.921. The third-order valence-electron chi connectivity index (χ3n) is 5.13. The predicted molar refractivity (Wildman–Crippen MR) is 113 cm³/mol. The molecule has 2 aromatic rings. The van der Waals surface area contributed by atoms with E-state index < -0.39 is 0 Å². The summed E-state index contributed by atoms with van der Waals surface area (Å²) in [7, 11) is 1.98. The van der Waals surface area contributed by atoms with Gasteiger partial charge in [-0.3, -0.25) is 0 Å². The van der Waals surface area contributed by atoms with E-state index in [9.17, 15) is 0 Å². The van der Waals surface area contributed by atoms with Gasteiger partial charge in [0, 0.05) is 36.1 Å². The Morgan fingerprint density at radius 2 is 1.85 bits per heavy atom. The Morgan fingerprint density at radius 3 is 2.69 bits per heavy atom. The van der Waals surface area contributed by atoms with Crippen LogP contribution >= 0.6 is 0 Å². The second-order valence-corrected chi connectivity index (χ2v) is 6.95. The zero-order valence-corrected chi connectivity index (χ0v) is 15.4. The summed E-state index contributed by atoms with van der Waals surface area (Å²) in [6.45, 7) is 6.61. The summed E-state index contributed by atoms with van der Waals surface area (Å²) in [5.41, 5.74) is 11.0. The number of fused-ring (bicyclic) bond motifs is 2. The summed E-state index contributed by atoms with van der Waals surface area (Å²) in [5.74, 6) is 0. The molecule has 2 aliphatic carbocycles. The fraction of sp³-hybridized carbons (Fsp3) is 0.167. The van der Waals surface area contributed by atoms with E-state index in [-0.39, 0.29) is 0 Å². The Labute approximate surface area is 155 Å². The first-order valence-corrected chi connectivity index (χ1v) is 9.09. The van der Waals surface area contributed by atoms with Crippen LogP contribution in [0, 0.1) is 0 Å². The molecule has 2 aromatic carbocycles. The average molecular weight is 340 g/mol. The fourth-order valence-electron chi connectivity index (χ4n) is 3.84. The van der Waals surface area contributed by atoms with Crippen LogP contribution in [0.1, 0.15) is 35.6 Å². The second-order valence-electron chi connectivity index (χ2n) is 6.95. The van der Waals surface area contributed by atoms with Crippen LogP contribution in [-0.2, 0) is 6.42 Å². The van der Waals surface area contributed by atoms with Crippen molar-refractivity contribution >= 4 is 16.9 Å². The maximum atomic E-state index is 4.44. The number of hydrogen-bond acceptors (Lipinski definition) is 2. The van der Waals surface area contributed by atoms with Gasteiger partial charge in [-0.25, -0.2) is 0 Å². The topological polar surface area (TPSA) is 24.1 Å². The van der Waals surface area contributed by atoms with Gasteiger partial charge in [0.15, 0.2) is 0 Å². The van der Waals surface area contributed by atoms with Crippen LogP contribution in [0.5, 0.6) is 0 Å². The third kappa shape index (κ3) is 2.88. The largest absolute Gasteiger partial charge is 0.388 e. The predicted octanol–water partition coefficient (Wildman–Crippen LogP) is 5.90. The molecular formula is C24H24N2. The van der Waals surface area contributed by atoms with Crippen molar-refractivity contribution in [2.75, 3.05) is 17.7 Å². The molecule has 2 N–H and O–H groups in total. The molecule has 2 heteroatoms. The first-order chi connectivity index (χ1) is 12.7. The first-order valence-electron chi connectivity index (χ1n) is 9.09. The van der Waals surface area contributed by atoms with Crippen molar-refractivity contribution in [1.29, 1.82) is 0 Å². The molecule has 2 nitrogen and oxygen atoms in total.